The van der Waals surface area contributed by atoms with Gasteiger partial charge in [0.15, 0.2) is 0 Å². The van der Waals surface area contributed by atoms with Crippen molar-refractivity contribution in [3.8, 4) is 0 Å². The van der Waals surface area contributed by atoms with Crippen LogP contribution in [0.15, 0.2) is 36.5 Å². The van der Waals surface area contributed by atoms with Crippen molar-refractivity contribution >= 4 is 11.6 Å². The summed E-state index contributed by atoms with van der Waals surface area (Å²) in [5.74, 6) is 0. The van der Waals surface area contributed by atoms with Crippen LogP contribution in [0.3, 0.4) is 0 Å². The number of aromatic nitrogens is 2. The Bertz CT molecular complexity index is 461. The van der Waals surface area contributed by atoms with Crippen LogP contribution in [0.5, 0.6) is 0 Å². The maximum absolute atomic E-state index is 6.12. The van der Waals surface area contributed by atoms with E-state index in [4.69, 9.17) is 17.3 Å². The van der Waals surface area contributed by atoms with Crippen molar-refractivity contribution < 1.29 is 0 Å². The minimum Gasteiger partial charge on any atom is -0.322 e. The molecule has 16 heavy (non-hydrogen) atoms. The summed E-state index contributed by atoms with van der Waals surface area (Å²) in [6.45, 7) is 0. The molecule has 0 aliphatic rings. The molecule has 0 radical (unpaired) electrons. The fourth-order valence-corrected chi connectivity index (χ4v) is 1.85. The van der Waals surface area contributed by atoms with Crippen LogP contribution in [0.1, 0.15) is 17.3 Å². The summed E-state index contributed by atoms with van der Waals surface area (Å²) >= 11 is 5.83. The van der Waals surface area contributed by atoms with E-state index in [1.54, 1.807) is 10.9 Å². The highest BCUT2D eigenvalue weighted by Crippen LogP contribution is 2.17. The number of hydrogen-bond acceptors (Lipinski definition) is 2. The van der Waals surface area contributed by atoms with E-state index in [1.165, 1.54) is 5.56 Å². The maximum atomic E-state index is 6.12. The predicted molar refractivity (Wildman–Crippen MR) is 65.3 cm³/mol. The molecule has 0 fully saturated rings. The molecule has 3 nitrogen and oxygen atoms in total. The minimum atomic E-state index is -0.0336. The van der Waals surface area contributed by atoms with Crippen LogP contribution in [0.25, 0.3) is 0 Å². The number of hydrogen-bond donors (Lipinski definition) is 1. The largest absolute Gasteiger partial charge is 0.322 e. The summed E-state index contributed by atoms with van der Waals surface area (Å²) in [6, 6.07) is 9.67. The molecule has 1 atom stereocenters. The second kappa shape index (κ2) is 4.68. The van der Waals surface area contributed by atoms with Gasteiger partial charge in [0.2, 0.25) is 0 Å². The highest BCUT2D eigenvalue weighted by Gasteiger charge is 2.10. The molecule has 2 rings (SSSR count). The van der Waals surface area contributed by atoms with Crippen molar-refractivity contribution in [2.45, 2.75) is 12.5 Å². The molecule has 1 heterocycles. The average molecular weight is 236 g/mol. The molecule has 0 amide bonds. The van der Waals surface area contributed by atoms with Gasteiger partial charge in [-0.2, -0.15) is 5.10 Å². The van der Waals surface area contributed by atoms with Crippen molar-refractivity contribution in [1.29, 1.82) is 0 Å². The second-order valence-corrected chi connectivity index (χ2v) is 4.25. The Morgan fingerprint density at radius 3 is 2.56 bits per heavy atom. The molecule has 2 N–H and O–H groups in total. The quantitative estimate of drug-likeness (QED) is 0.887. The molecule has 0 aliphatic heterocycles. The monoisotopic (exact) mass is 235 g/mol. The van der Waals surface area contributed by atoms with Crippen LogP contribution in [0, 0.1) is 0 Å². The van der Waals surface area contributed by atoms with E-state index in [9.17, 15) is 0 Å². The van der Waals surface area contributed by atoms with Crippen molar-refractivity contribution in [2.24, 2.45) is 12.8 Å². The summed E-state index contributed by atoms with van der Waals surface area (Å²) in [7, 11) is 1.90. The topological polar surface area (TPSA) is 43.8 Å². The molecule has 1 aromatic carbocycles. The lowest BCUT2D eigenvalue weighted by Crippen LogP contribution is -2.17. The van der Waals surface area contributed by atoms with Crippen LogP contribution in [-0.4, -0.2) is 9.78 Å². The number of rotatable bonds is 3. The molecule has 1 unspecified atom stereocenters. The lowest BCUT2D eigenvalue weighted by Gasteiger charge is -2.12. The third-order valence-electron chi connectivity index (χ3n) is 2.61. The van der Waals surface area contributed by atoms with Gasteiger partial charge in [0, 0.05) is 18.3 Å². The van der Waals surface area contributed by atoms with Gasteiger partial charge < -0.3 is 5.73 Å². The molecule has 1 aromatic heterocycles. The Morgan fingerprint density at radius 1 is 1.31 bits per heavy atom. The fraction of sp³-hybridized carbons (Fsp3) is 0.250. The highest BCUT2D eigenvalue weighted by molar-refractivity contribution is 6.30. The number of nitrogens with zero attached hydrogens (tertiary/aromatic N) is 2. The summed E-state index contributed by atoms with van der Waals surface area (Å²) in [5.41, 5.74) is 8.33. The summed E-state index contributed by atoms with van der Waals surface area (Å²) in [5, 5.41) is 4.86. The Labute approximate surface area is 99.8 Å². The predicted octanol–water partition coefficient (Wildman–Crippen LogP) is 2.32. The van der Waals surface area contributed by atoms with Gasteiger partial charge in [-0.25, -0.2) is 0 Å². The maximum Gasteiger partial charge on any atom is 0.0551 e. The van der Waals surface area contributed by atoms with Crippen LogP contribution < -0.4 is 5.73 Å². The van der Waals surface area contributed by atoms with Gasteiger partial charge in [-0.1, -0.05) is 23.7 Å². The van der Waals surface area contributed by atoms with Crippen LogP contribution >= 0.6 is 11.6 Å². The van der Waals surface area contributed by atoms with Gasteiger partial charge in [0.05, 0.1) is 11.7 Å². The van der Waals surface area contributed by atoms with E-state index in [-0.39, 0.29) is 6.04 Å². The standard InChI is InChI=1S/C12H14ClN3/c1-16-12(6-7-15-16)11(14)8-9-2-4-10(13)5-3-9/h2-7,11H,8,14H2,1H3. The van der Waals surface area contributed by atoms with Gasteiger partial charge in [-0.3, -0.25) is 4.68 Å². The summed E-state index contributed by atoms with van der Waals surface area (Å²) in [4.78, 5) is 0. The van der Waals surface area contributed by atoms with Gasteiger partial charge in [-0.15, -0.1) is 0 Å². The van der Waals surface area contributed by atoms with Crippen LogP contribution in [0.4, 0.5) is 0 Å². The second-order valence-electron chi connectivity index (χ2n) is 3.82. The van der Waals surface area contributed by atoms with Crippen LogP contribution in [0.2, 0.25) is 5.02 Å². The Hall–Kier alpha value is -1.32. The number of halogens is 1. The first-order chi connectivity index (χ1) is 7.66. The molecular weight excluding hydrogens is 222 g/mol. The van der Waals surface area contributed by atoms with E-state index in [0.29, 0.717) is 0 Å². The molecule has 0 saturated carbocycles. The van der Waals surface area contributed by atoms with E-state index in [0.717, 1.165) is 17.1 Å². The third-order valence-corrected chi connectivity index (χ3v) is 2.86. The lowest BCUT2D eigenvalue weighted by atomic mass is 10.0. The molecular formula is C12H14ClN3. The molecule has 0 bridgehead atoms. The van der Waals surface area contributed by atoms with Gasteiger partial charge >= 0.3 is 0 Å². The molecule has 0 spiro atoms. The van der Waals surface area contributed by atoms with E-state index in [2.05, 4.69) is 5.10 Å². The summed E-state index contributed by atoms with van der Waals surface area (Å²) < 4.78 is 1.81. The number of aryl methyl sites for hydroxylation is 1. The zero-order valence-corrected chi connectivity index (χ0v) is 9.85. The Morgan fingerprint density at radius 2 is 2.00 bits per heavy atom. The lowest BCUT2D eigenvalue weighted by molar-refractivity contribution is 0.617. The Kier molecular flexibility index (Phi) is 3.27. The minimum absolute atomic E-state index is 0.0336. The van der Waals surface area contributed by atoms with E-state index < -0.39 is 0 Å². The van der Waals surface area contributed by atoms with Crippen molar-refractivity contribution in [2.75, 3.05) is 0 Å². The normalized spacial score (nSPS) is 12.7. The molecule has 0 aliphatic carbocycles. The molecule has 84 valence electrons. The zero-order chi connectivity index (χ0) is 11.5. The van der Waals surface area contributed by atoms with E-state index >= 15 is 0 Å². The van der Waals surface area contributed by atoms with Gasteiger partial charge in [0.25, 0.3) is 0 Å². The number of nitrogens with two attached hydrogens (primary N) is 1. The SMILES string of the molecule is Cn1nccc1C(N)Cc1ccc(Cl)cc1. The molecule has 4 heteroatoms. The van der Waals surface area contributed by atoms with Crippen molar-refractivity contribution in [3.63, 3.8) is 0 Å². The Balaban J connectivity index is 2.10. The third kappa shape index (κ3) is 2.43. The molecule has 0 saturated heterocycles. The highest BCUT2D eigenvalue weighted by atomic mass is 35.5. The smallest absolute Gasteiger partial charge is 0.0551 e. The first kappa shape index (κ1) is 11.2. The number of benzene rings is 1. The fourth-order valence-electron chi connectivity index (χ4n) is 1.73. The zero-order valence-electron chi connectivity index (χ0n) is 9.10. The first-order valence-electron chi connectivity index (χ1n) is 5.15. The molecule has 2 aromatic rings. The van der Waals surface area contributed by atoms with Crippen molar-refractivity contribution in [3.05, 3.63) is 52.8 Å². The van der Waals surface area contributed by atoms with Crippen LogP contribution in [-0.2, 0) is 13.5 Å². The average Bonchev–Trinajstić information content (AvgIpc) is 2.68. The first-order valence-corrected chi connectivity index (χ1v) is 5.52. The van der Waals surface area contributed by atoms with Gasteiger partial charge in [-0.05, 0) is 30.2 Å². The van der Waals surface area contributed by atoms with E-state index in [1.807, 2.05) is 37.4 Å². The summed E-state index contributed by atoms with van der Waals surface area (Å²) in [6.07, 6.45) is 2.55. The van der Waals surface area contributed by atoms with Crippen molar-refractivity contribution in [1.82, 2.24) is 9.78 Å². The van der Waals surface area contributed by atoms with Gasteiger partial charge in [0.1, 0.15) is 0 Å².